The Balaban J connectivity index is 1.58. The Labute approximate surface area is 135 Å². The van der Waals surface area contributed by atoms with Crippen molar-refractivity contribution >= 4 is 23.4 Å². The summed E-state index contributed by atoms with van der Waals surface area (Å²) < 4.78 is 5.09. The molecule has 0 atom stereocenters. The van der Waals surface area contributed by atoms with Gasteiger partial charge >= 0.3 is 0 Å². The van der Waals surface area contributed by atoms with Crippen LogP contribution >= 0.6 is 11.8 Å². The number of benzene rings is 1. The molecule has 3 rings (SSSR count). The average molecular weight is 316 g/mol. The normalized spacial score (nSPS) is 14.7. The molecule has 0 bridgehead atoms. The molecule has 0 spiro atoms. The van der Waals surface area contributed by atoms with Crippen LogP contribution < -0.4 is 15.0 Å². The predicted molar refractivity (Wildman–Crippen MR) is 91.9 cm³/mol. The summed E-state index contributed by atoms with van der Waals surface area (Å²) >= 11 is 2.03. The van der Waals surface area contributed by atoms with Crippen molar-refractivity contribution in [3.8, 4) is 5.88 Å². The Bertz CT molecular complexity index is 599. The Morgan fingerprint density at radius 1 is 1.18 bits per heavy atom. The first-order valence-corrected chi connectivity index (χ1v) is 8.53. The van der Waals surface area contributed by atoms with Crippen LogP contribution in [0.15, 0.2) is 36.5 Å². The summed E-state index contributed by atoms with van der Waals surface area (Å²) in [7, 11) is 1.60. The largest absolute Gasteiger partial charge is 0.481 e. The summed E-state index contributed by atoms with van der Waals surface area (Å²) in [5, 5.41) is 3.22. The fraction of sp³-hybridized carbons (Fsp3) is 0.375. The molecule has 22 heavy (non-hydrogen) atoms. The van der Waals surface area contributed by atoms with Gasteiger partial charge < -0.3 is 15.0 Å². The molecule has 1 aliphatic rings. The van der Waals surface area contributed by atoms with E-state index in [9.17, 15) is 0 Å². The zero-order valence-electron chi connectivity index (χ0n) is 12.7. The molecule has 0 aliphatic carbocycles. The summed E-state index contributed by atoms with van der Waals surface area (Å²) in [6.07, 6.45) is 1.69. The highest BCUT2D eigenvalue weighted by Gasteiger charge is 2.10. The maximum absolute atomic E-state index is 5.09. The summed E-state index contributed by atoms with van der Waals surface area (Å²) in [5.41, 5.74) is 2.52. The molecule has 0 amide bonds. The van der Waals surface area contributed by atoms with E-state index in [0.29, 0.717) is 18.4 Å². The highest BCUT2D eigenvalue weighted by Crippen LogP contribution is 2.20. The quantitative estimate of drug-likeness (QED) is 0.915. The number of nitrogens with zero attached hydrogens (tertiary/aromatic N) is 3. The average Bonchev–Trinajstić information content (AvgIpc) is 2.61. The van der Waals surface area contributed by atoms with Crippen LogP contribution in [0.25, 0.3) is 0 Å². The van der Waals surface area contributed by atoms with Gasteiger partial charge in [-0.05, 0) is 17.7 Å². The number of hydrogen-bond acceptors (Lipinski definition) is 6. The third-order valence-electron chi connectivity index (χ3n) is 3.60. The van der Waals surface area contributed by atoms with E-state index in [1.54, 1.807) is 19.4 Å². The molecule has 2 heterocycles. The molecule has 1 saturated heterocycles. The molecule has 1 N–H and O–H groups in total. The molecular weight excluding hydrogens is 296 g/mol. The Morgan fingerprint density at radius 2 is 1.95 bits per heavy atom. The van der Waals surface area contributed by atoms with Crippen molar-refractivity contribution in [2.24, 2.45) is 0 Å². The van der Waals surface area contributed by atoms with Crippen molar-refractivity contribution in [2.45, 2.75) is 6.54 Å². The second-order valence-electron chi connectivity index (χ2n) is 5.04. The fourth-order valence-corrected chi connectivity index (χ4v) is 3.27. The molecule has 1 fully saturated rings. The highest BCUT2D eigenvalue weighted by atomic mass is 32.2. The molecule has 0 saturated carbocycles. The molecular formula is C16H20N4OS. The standard InChI is InChI=1S/C16H20N4OS/c1-21-15-6-7-17-16(19-15)18-12-13-2-4-14(5-3-13)20-8-10-22-11-9-20/h2-7H,8-12H2,1H3,(H,17,18,19). The monoisotopic (exact) mass is 316 g/mol. The Kier molecular flexibility index (Phi) is 5.00. The molecule has 2 aromatic rings. The lowest BCUT2D eigenvalue weighted by molar-refractivity contribution is 0.397. The smallest absolute Gasteiger partial charge is 0.226 e. The van der Waals surface area contributed by atoms with Crippen molar-refractivity contribution in [1.82, 2.24) is 9.97 Å². The van der Waals surface area contributed by atoms with Gasteiger partial charge in [-0.15, -0.1) is 0 Å². The van der Waals surface area contributed by atoms with Gasteiger partial charge in [0.05, 0.1) is 7.11 Å². The van der Waals surface area contributed by atoms with Crippen LogP contribution in [-0.4, -0.2) is 41.7 Å². The number of anilines is 2. The summed E-state index contributed by atoms with van der Waals surface area (Å²) in [6.45, 7) is 2.98. The SMILES string of the molecule is COc1ccnc(NCc2ccc(N3CCSCC3)cc2)n1. The van der Waals surface area contributed by atoms with Crippen molar-refractivity contribution in [3.05, 3.63) is 42.1 Å². The van der Waals surface area contributed by atoms with E-state index in [-0.39, 0.29) is 0 Å². The lowest BCUT2D eigenvalue weighted by Gasteiger charge is -2.28. The van der Waals surface area contributed by atoms with Crippen molar-refractivity contribution in [2.75, 3.05) is 41.9 Å². The van der Waals surface area contributed by atoms with Crippen LogP contribution in [0, 0.1) is 0 Å². The van der Waals surface area contributed by atoms with E-state index >= 15 is 0 Å². The third-order valence-corrected chi connectivity index (χ3v) is 4.54. The van der Waals surface area contributed by atoms with E-state index < -0.39 is 0 Å². The van der Waals surface area contributed by atoms with Gasteiger partial charge in [-0.2, -0.15) is 16.7 Å². The van der Waals surface area contributed by atoms with Crippen LogP contribution in [0.1, 0.15) is 5.56 Å². The summed E-state index contributed by atoms with van der Waals surface area (Å²) in [5.74, 6) is 3.58. The van der Waals surface area contributed by atoms with Gasteiger partial charge in [0.25, 0.3) is 0 Å². The van der Waals surface area contributed by atoms with Gasteiger partial charge in [0.15, 0.2) is 0 Å². The number of thioether (sulfide) groups is 1. The minimum absolute atomic E-state index is 0.566. The predicted octanol–water partition coefficient (Wildman–Crippen LogP) is 2.65. The number of ether oxygens (including phenoxy) is 1. The lowest BCUT2D eigenvalue weighted by atomic mass is 10.2. The van der Waals surface area contributed by atoms with Gasteiger partial charge in [-0.3, -0.25) is 0 Å². The number of aromatic nitrogens is 2. The van der Waals surface area contributed by atoms with Crippen LogP contribution in [0.5, 0.6) is 5.88 Å². The van der Waals surface area contributed by atoms with Gasteiger partial charge in [-0.1, -0.05) is 12.1 Å². The molecule has 1 aromatic carbocycles. The van der Waals surface area contributed by atoms with Gasteiger partial charge in [-0.25, -0.2) is 4.98 Å². The second-order valence-corrected chi connectivity index (χ2v) is 6.27. The maximum Gasteiger partial charge on any atom is 0.226 e. The first kappa shape index (κ1) is 15.0. The first-order valence-electron chi connectivity index (χ1n) is 7.38. The molecule has 5 nitrogen and oxygen atoms in total. The number of hydrogen-bond donors (Lipinski definition) is 1. The molecule has 116 valence electrons. The van der Waals surface area contributed by atoms with Crippen LogP contribution in [0.4, 0.5) is 11.6 Å². The first-order chi connectivity index (χ1) is 10.8. The minimum atomic E-state index is 0.566. The molecule has 0 radical (unpaired) electrons. The second kappa shape index (κ2) is 7.35. The third kappa shape index (κ3) is 3.82. The van der Waals surface area contributed by atoms with Gasteiger partial charge in [0, 0.05) is 49.1 Å². The zero-order chi connectivity index (χ0) is 15.2. The van der Waals surface area contributed by atoms with Crippen LogP contribution in [0.2, 0.25) is 0 Å². The van der Waals surface area contributed by atoms with E-state index in [0.717, 1.165) is 13.1 Å². The molecule has 6 heteroatoms. The number of nitrogens with one attached hydrogen (secondary N) is 1. The summed E-state index contributed by atoms with van der Waals surface area (Å²) in [6, 6.07) is 10.4. The molecule has 1 aliphatic heterocycles. The Morgan fingerprint density at radius 3 is 2.68 bits per heavy atom. The fourth-order valence-electron chi connectivity index (χ4n) is 2.37. The van der Waals surface area contributed by atoms with Crippen molar-refractivity contribution in [1.29, 1.82) is 0 Å². The zero-order valence-corrected chi connectivity index (χ0v) is 13.5. The topological polar surface area (TPSA) is 50.3 Å². The van der Waals surface area contributed by atoms with E-state index in [4.69, 9.17) is 4.74 Å². The van der Waals surface area contributed by atoms with Crippen molar-refractivity contribution < 1.29 is 4.74 Å². The maximum atomic E-state index is 5.09. The Hall–Kier alpha value is -1.95. The molecule has 0 unspecified atom stereocenters. The van der Waals surface area contributed by atoms with Gasteiger partial charge in [0.2, 0.25) is 11.8 Å². The van der Waals surface area contributed by atoms with Crippen LogP contribution in [0.3, 0.4) is 0 Å². The van der Waals surface area contributed by atoms with E-state index in [2.05, 4.69) is 44.5 Å². The van der Waals surface area contributed by atoms with E-state index in [1.165, 1.54) is 22.8 Å². The number of rotatable bonds is 5. The van der Waals surface area contributed by atoms with Crippen molar-refractivity contribution in [3.63, 3.8) is 0 Å². The van der Waals surface area contributed by atoms with E-state index in [1.807, 2.05) is 11.8 Å². The lowest BCUT2D eigenvalue weighted by Crippen LogP contribution is -2.32. The highest BCUT2D eigenvalue weighted by molar-refractivity contribution is 7.99. The minimum Gasteiger partial charge on any atom is -0.481 e. The number of methoxy groups -OCH3 is 1. The summed E-state index contributed by atoms with van der Waals surface area (Å²) in [4.78, 5) is 10.9. The van der Waals surface area contributed by atoms with Crippen LogP contribution in [-0.2, 0) is 6.54 Å². The molecule has 1 aromatic heterocycles. The van der Waals surface area contributed by atoms with Gasteiger partial charge in [0.1, 0.15) is 0 Å².